The van der Waals surface area contributed by atoms with Crippen molar-refractivity contribution < 1.29 is 13.2 Å². The van der Waals surface area contributed by atoms with Crippen LogP contribution in [0.2, 0.25) is 5.15 Å². The standard InChI is InChI=1S/C25H27FN8.C18H18ClF2N5/c1-17(2)18-10-25(32-28-12-18)31-24-6-5-22-23(30-24)9-19(11-27-22)20-13-29-34(14-20)16-21(26)15-33-7-3-4-8-33;19-17-4-3-15-16(24-17)7-13(8-22-15)14-9-23-26(10-14)12-18(20,21)11-25-5-1-2-6-25/h5-6,9-14,16-17H,3-4,7-8,15H2,1-2H3,(H,30,31,32);3-4,7-10H,1-2,5-6,11-12H2/b21-16-;. The first-order valence-electron chi connectivity index (χ1n) is 20.1. The molecule has 0 amide bonds. The highest BCUT2D eigenvalue weighted by Gasteiger charge is 2.33. The number of hydrogen-bond acceptors (Lipinski definition) is 11. The van der Waals surface area contributed by atoms with E-state index in [0.717, 1.165) is 96.2 Å². The summed E-state index contributed by atoms with van der Waals surface area (Å²) >= 11 is 5.92. The van der Waals surface area contributed by atoms with Crippen molar-refractivity contribution in [1.29, 1.82) is 0 Å². The number of halogens is 4. The van der Waals surface area contributed by atoms with Crippen molar-refractivity contribution in [2.75, 3.05) is 44.6 Å². The molecule has 2 aliphatic heterocycles. The number of rotatable bonds is 12. The molecule has 17 heteroatoms. The number of alkyl halides is 2. The number of nitrogens with zero attached hydrogens (tertiary/aromatic N) is 12. The van der Waals surface area contributed by atoms with Crippen LogP contribution < -0.4 is 5.32 Å². The van der Waals surface area contributed by atoms with Crippen molar-refractivity contribution in [1.82, 2.24) is 59.5 Å². The lowest BCUT2D eigenvalue weighted by Crippen LogP contribution is -2.38. The lowest BCUT2D eigenvalue weighted by molar-refractivity contribution is -0.0443. The van der Waals surface area contributed by atoms with Gasteiger partial charge in [0.25, 0.3) is 5.92 Å². The predicted octanol–water partition coefficient (Wildman–Crippen LogP) is 8.89. The Bertz CT molecular complexity index is 2600. The van der Waals surface area contributed by atoms with Crippen LogP contribution in [0.5, 0.6) is 0 Å². The number of hydrogen-bond donors (Lipinski definition) is 1. The molecule has 0 bridgehead atoms. The molecule has 2 saturated heterocycles. The molecule has 2 fully saturated rings. The quantitative estimate of drug-likeness (QED) is 0.118. The number of fused-ring (bicyclic) bond motifs is 2. The molecule has 0 unspecified atom stereocenters. The van der Waals surface area contributed by atoms with Gasteiger partial charge < -0.3 is 5.32 Å². The Hall–Kier alpha value is -5.84. The molecule has 0 atom stereocenters. The molecule has 0 aliphatic carbocycles. The van der Waals surface area contributed by atoms with Crippen LogP contribution in [0.15, 0.2) is 91.7 Å². The van der Waals surface area contributed by atoms with E-state index in [1.165, 1.54) is 15.6 Å². The summed E-state index contributed by atoms with van der Waals surface area (Å²) in [6.07, 6.45) is 17.6. The highest BCUT2D eigenvalue weighted by molar-refractivity contribution is 6.29. The fourth-order valence-electron chi connectivity index (χ4n) is 7.31. The average molecular weight is 836 g/mol. The van der Waals surface area contributed by atoms with E-state index in [1.54, 1.807) is 55.5 Å². The van der Waals surface area contributed by atoms with Crippen molar-refractivity contribution in [2.45, 2.75) is 57.9 Å². The van der Waals surface area contributed by atoms with Gasteiger partial charge in [-0.3, -0.25) is 24.4 Å². The molecule has 60 heavy (non-hydrogen) atoms. The summed E-state index contributed by atoms with van der Waals surface area (Å²) in [6.45, 7) is 7.30. The van der Waals surface area contributed by atoms with Crippen molar-refractivity contribution in [3.8, 4) is 22.3 Å². The summed E-state index contributed by atoms with van der Waals surface area (Å²) in [7, 11) is 0. The van der Waals surface area contributed by atoms with Crippen LogP contribution in [0.4, 0.5) is 24.8 Å². The van der Waals surface area contributed by atoms with E-state index in [0.29, 0.717) is 34.8 Å². The first-order valence-corrected chi connectivity index (χ1v) is 20.4. The summed E-state index contributed by atoms with van der Waals surface area (Å²) in [6, 6.07) is 13.0. The predicted molar refractivity (Wildman–Crippen MR) is 228 cm³/mol. The molecule has 7 aromatic rings. The first kappa shape index (κ1) is 40.9. The highest BCUT2D eigenvalue weighted by atomic mass is 35.5. The third kappa shape index (κ3) is 10.5. The summed E-state index contributed by atoms with van der Waals surface area (Å²) in [5, 5.41) is 20.2. The number of anilines is 2. The zero-order valence-electron chi connectivity index (χ0n) is 33.4. The van der Waals surface area contributed by atoms with Gasteiger partial charge >= 0.3 is 0 Å². The number of aromatic nitrogens is 10. The number of nitrogens with one attached hydrogen (secondary N) is 1. The monoisotopic (exact) mass is 835 g/mol. The van der Waals surface area contributed by atoms with E-state index in [-0.39, 0.29) is 12.4 Å². The maximum Gasteiger partial charge on any atom is 0.279 e. The van der Waals surface area contributed by atoms with Gasteiger partial charge in [0.1, 0.15) is 23.3 Å². The van der Waals surface area contributed by atoms with Crippen LogP contribution >= 0.6 is 11.6 Å². The Morgan fingerprint density at radius 1 is 0.733 bits per heavy atom. The van der Waals surface area contributed by atoms with Gasteiger partial charge in [-0.2, -0.15) is 15.3 Å². The van der Waals surface area contributed by atoms with E-state index in [9.17, 15) is 13.2 Å². The zero-order chi connectivity index (χ0) is 41.6. The summed E-state index contributed by atoms with van der Waals surface area (Å²) in [5.41, 5.74) is 7.18. The second-order valence-corrected chi connectivity index (χ2v) is 15.9. The molecule has 2 aliphatic rings. The molecule has 13 nitrogen and oxygen atoms in total. The minimum Gasteiger partial charge on any atom is -0.323 e. The van der Waals surface area contributed by atoms with E-state index in [1.807, 2.05) is 35.2 Å². The molecule has 0 radical (unpaired) electrons. The minimum atomic E-state index is -2.82. The van der Waals surface area contributed by atoms with Crippen LogP contribution in [0.1, 0.15) is 51.0 Å². The van der Waals surface area contributed by atoms with Crippen molar-refractivity contribution in [2.24, 2.45) is 0 Å². The van der Waals surface area contributed by atoms with E-state index in [2.05, 4.69) is 59.4 Å². The number of pyridine rings is 4. The van der Waals surface area contributed by atoms with Gasteiger partial charge in [0.15, 0.2) is 5.82 Å². The van der Waals surface area contributed by atoms with Crippen molar-refractivity contribution in [3.63, 3.8) is 0 Å². The van der Waals surface area contributed by atoms with Crippen LogP contribution in [-0.4, -0.2) is 105 Å². The molecule has 1 N–H and O–H groups in total. The van der Waals surface area contributed by atoms with E-state index in [4.69, 9.17) is 16.6 Å². The normalized spacial score (nSPS) is 15.3. The SMILES string of the molecule is CC(C)c1cnnc(Nc2ccc3ncc(-c4cnn(/C=C(\F)CN5CCCC5)c4)cc3n2)c1.FC(F)(CN1CCCC1)Cn1cc(-c2cnc3ccc(Cl)nc3c2)cn1. The average Bonchev–Trinajstić information content (AvgIpc) is 4.08. The summed E-state index contributed by atoms with van der Waals surface area (Å²) in [5.74, 6) is -1.35. The molecular formula is C43H45ClF3N13. The molecule has 310 valence electrons. The minimum absolute atomic E-state index is 0.199. The summed E-state index contributed by atoms with van der Waals surface area (Å²) < 4.78 is 45.7. The fraction of sp³-hybridized carbons (Fsp3) is 0.349. The summed E-state index contributed by atoms with van der Waals surface area (Å²) in [4.78, 5) is 21.7. The van der Waals surface area contributed by atoms with Gasteiger partial charge in [-0.05, 0) is 106 Å². The van der Waals surface area contributed by atoms with Crippen LogP contribution in [-0.2, 0) is 6.54 Å². The molecule has 0 saturated carbocycles. The van der Waals surface area contributed by atoms with Crippen molar-refractivity contribution in [3.05, 3.63) is 102 Å². The smallest absolute Gasteiger partial charge is 0.279 e. The topological polar surface area (TPSA) is 131 Å². The van der Waals surface area contributed by atoms with Gasteiger partial charge in [-0.25, -0.2) is 27.8 Å². The Kier molecular flexibility index (Phi) is 12.4. The van der Waals surface area contributed by atoms with Crippen LogP contribution in [0.25, 0.3) is 50.5 Å². The third-order valence-corrected chi connectivity index (χ3v) is 10.6. The zero-order valence-corrected chi connectivity index (χ0v) is 34.2. The van der Waals surface area contributed by atoms with Crippen LogP contribution in [0.3, 0.4) is 0 Å². The van der Waals surface area contributed by atoms with Gasteiger partial charge in [-0.1, -0.05) is 25.4 Å². The Balaban J connectivity index is 0.000000172. The van der Waals surface area contributed by atoms with Crippen LogP contribution in [0, 0.1) is 0 Å². The van der Waals surface area contributed by atoms with E-state index < -0.39 is 12.5 Å². The Morgan fingerprint density at radius 3 is 2.10 bits per heavy atom. The highest BCUT2D eigenvalue weighted by Crippen LogP contribution is 2.27. The molecule has 9 rings (SSSR count). The van der Waals surface area contributed by atoms with E-state index >= 15 is 0 Å². The lowest BCUT2D eigenvalue weighted by atomic mass is 10.1. The maximum absolute atomic E-state index is 14.4. The third-order valence-electron chi connectivity index (χ3n) is 10.4. The molecule has 0 spiro atoms. The molecule has 0 aromatic carbocycles. The number of likely N-dealkylation sites (tertiary alicyclic amines) is 2. The largest absolute Gasteiger partial charge is 0.323 e. The fourth-order valence-corrected chi connectivity index (χ4v) is 7.47. The lowest BCUT2D eigenvalue weighted by Gasteiger charge is -2.22. The van der Waals surface area contributed by atoms with Crippen molar-refractivity contribution >= 4 is 51.5 Å². The molecule has 7 aromatic heterocycles. The van der Waals surface area contributed by atoms with Gasteiger partial charge in [-0.15, -0.1) is 5.10 Å². The molecule has 9 heterocycles. The first-order chi connectivity index (χ1) is 29.0. The molecular weight excluding hydrogens is 791 g/mol. The second kappa shape index (κ2) is 18.2. The van der Waals surface area contributed by atoms with Gasteiger partial charge in [0, 0.05) is 47.0 Å². The Morgan fingerprint density at radius 2 is 1.38 bits per heavy atom. The second-order valence-electron chi connectivity index (χ2n) is 15.5. The van der Waals surface area contributed by atoms with Gasteiger partial charge in [0.2, 0.25) is 0 Å². The Labute approximate surface area is 350 Å². The maximum atomic E-state index is 14.4. The van der Waals surface area contributed by atoms with Gasteiger partial charge in [0.05, 0.1) is 59.9 Å².